The smallest absolute Gasteiger partial charge is 0.328 e. The van der Waals surface area contributed by atoms with Crippen LogP contribution in [-0.4, -0.2) is 16.2 Å². The predicted octanol–water partition coefficient (Wildman–Crippen LogP) is 1.24. The highest BCUT2D eigenvalue weighted by Gasteiger charge is 2.02. The number of aryl methyl sites for hydroxylation is 1. The van der Waals surface area contributed by atoms with Gasteiger partial charge in [-0.3, -0.25) is 14.3 Å². The SMILES string of the molecule is Nc1cccc(OCCCn2cc(Cl)c(=O)[nH]c2=O)c1. The van der Waals surface area contributed by atoms with Gasteiger partial charge in [0.1, 0.15) is 10.8 Å². The van der Waals surface area contributed by atoms with Crippen molar-refractivity contribution in [3.05, 3.63) is 56.3 Å². The molecule has 106 valence electrons. The summed E-state index contributed by atoms with van der Waals surface area (Å²) in [6.45, 7) is 0.824. The van der Waals surface area contributed by atoms with Crippen molar-refractivity contribution in [3.63, 3.8) is 0 Å². The fourth-order valence-electron chi connectivity index (χ4n) is 1.68. The number of benzene rings is 1. The number of rotatable bonds is 5. The summed E-state index contributed by atoms with van der Waals surface area (Å²) in [5.41, 5.74) is 5.20. The number of nitrogens with one attached hydrogen (secondary N) is 1. The van der Waals surface area contributed by atoms with Crippen molar-refractivity contribution in [1.82, 2.24) is 9.55 Å². The molecule has 3 N–H and O–H groups in total. The van der Waals surface area contributed by atoms with E-state index in [2.05, 4.69) is 4.98 Å². The third-order valence-electron chi connectivity index (χ3n) is 2.64. The van der Waals surface area contributed by atoms with Crippen LogP contribution in [0.2, 0.25) is 5.02 Å². The molecule has 0 amide bonds. The topological polar surface area (TPSA) is 90.1 Å². The van der Waals surface area contributed by atoms with Crippen LogP contribution >= 0.6 is 11.6 Å². The molecule has 0 aliphatic rings. The fourth-order valence-corrected chi connectivity index (χ4v) is 1.84. The van der Waals surface area contributed by atoms with Crippen LogP contribution in [0.15, 0.2) is 40.1 Å². The van der Waals surface area contributed by atoms with Crippen LogP contribution < -0.4 is 21.7 Å². The van der Waals surface area contributed by atoms with Crippen molar-refractivity contribution in [1.29, 1.82) is 0 Å². The number of nitrogen functional groups attached to an aromatic ring is 1. The van der Waals surface area contributed by atoms with E-state index in [9.17, 15) is 9.59 Å². The molecule has 0 fully saturated rings. The van der Waals surface area contributed by atoms with Gasteiger partial charge in [0, 0.05) is 24.5 Å². The summed E-state index contributed by atoms with van der Waals surface area (Å²) in [6, 6.07) is 7.11. The maximum Gasteiger partial charge on any atom is 0.328 e. The number of anilines is 1. The van der Waals surface area contributed by atoms with E-state index in [-0.39, 0.29) is 5.02 Å². The molecule has 0 radical (unpaired) electrons. The van der Waals surface area contributed by atoms with Crippen molar-refractivity contribution in [2.45, 2.75) is 13.0 Å². The summed E-state index contributed by atoms with van der Waals surface area (Å²) in [7, 11) is 0. The summed E-state index contributed by atoms with van der Waals surface area (Å²) < 4.78 is 6.84. The lowest BCUT2D eigenvalue weighted by Gasteiger charge is -2.08. The quantitative estimate of drug-likeness (QED) is 0.641. The third-order valence-corrected chi connectivity index (χ3v) is 2.91. The number of aromatic amines is 1. The number of nitrogens with two attached hydrogens (primary N) is 1. The van der Waals surface area contributed by atoms with Gasteiger partial charge in [-0.15, -0.1) is 0 Å². The summed E-state index contributed by atoms with van der Waals surface area (Å²) in [5.74, 6) is 0.678. The van der Waals surface area contributed by atoms with E-state index in [1.807, 2.05) is 0 Å². The molecule has 0 saturated heterocycles. The predicted molar refractivity (Wildman–Crippen MR) is 77.3 cm³/mol. The van der Waals surface area contributed by atoms with Gasteiger partial charge in [0.2, 0.25) is 0 Å². The Balaban J connectivity index is 1.89. The van der Waals surface area contributed by atoms with E-state index in [0.717, 1.165) is 0 Å². The Kier molecular flexibility index (Phi) is 4.47. The molecular formula is C13H14ClN3O3. The standard InChI is InChI=1S/C13H14ClN3O3/c14-11-8-17(13(19)16-12(11)18)5-2-6-20-10-4-1-3-9(15)7-10/h1,3-4,7-8H,2,5-6,15H2,(H,16,18,19). The molecule has 0 spiro atoms. The zero-order chi connectivity index (χ0) is 14.5. The van der Waals surface area contributed by atoms with Crippen LogP contribution in [0.5, 0.6) is 5.75 Å². The number of hydrogen-bond acceptors (Lipinski definition) is 4. The largest absolute Gasteiger partial charge is 0.493 e. The number of ether oxygens (including phenoxy) is 1. The van der Waals surface area contributed by atoms with Crippen molar-refractivity contribution in [2.24, 2.45) is 0 Å². The van der Waals surface area contributed by atoms with Gasteiger partial charge >= 0.3 is 5.69 Å². The molecule has 0 atom stereocenters. The minimum absolute atomic E-state index is 0.0126. The lowest BCUT2D eigenvalue weighted by Crippen LogP contribution is -2.30. The van der Waals surface area contributed by atoms with E-state index in [1.165, 1.54) is 10.8 Å². The highest BCUT2D eigenvalue weighted by molar-refractivity contribution is 6.30. The van der Waals surface area contributed by atoms with Crippen LogP contribution in [-0.2, 0) is 6.54 Å². The second-order valence-electron chi connectivity index (χ2n) is 4.20. The Bertz CT molecular complexity index is 708. The lowest BCUT2D eigenvalue weighted by molar-refractivity contribution is 0.300. The molecule has 7 heteroatoms. The monoisotopic (exact) mass is 295 g/mol. The van der Waals surface area contributed by atoms with Gasteiger partial charge < -0.3 is 10.5 Å². The Morgan fingerprint density at radius 3 is 2.90 bits per heavy atom. The van der Waals surface area contributed by atoms with Crippen LogP contribution in [0.4, 0.5) is 5.69 Å². The van der Waals surface area contributed by atoms with Crippen molar-refractivity contribution in [2.75, 3.05) is 12.3 Å². The first-order chi connectivity index (χ1) is 9.56. The molecule has 1 aromatic carbocycles. The van der Waals surface area contributed by atoms with Gasteiger partial charge in [-0.1, -0.05) is 17.7 Å². The Morgan fingerprint density at radius 1 is 1.35 bits per heavy atom. The van der Waals surface area contributed by atoms with E-state index in [4.69, 9.17) is 22.1 Å². The molecule has 2 rings (SSSR count). The van der Waals surface area contributed by atoms with E-state index in [1.54, 1.807) is 24.3 Å². The molecule has 20 heavy (non-hydrogen) atoms. The summed E-state index contributed by atoms with van der Waals surface area (Å²) in [5, 5.41) is -0.0126. The van der Waals surface area contributed by atoms with Crippen LogP contribution in [0.3, 0.4) is 0 Å². The number of hydrogen-bond donors (Lipinski definition) is 2. The molecular weight excluding hydrogens is 282 g/mol. The van der Waals surface area contributed by atoms with Crippen LogP contribution in [0.1, 0.15) is 6.42 Å². The van der Waals surface area contributed by atoms with Gasteiger partial charge in [-0.25, -0.2) is 4.79 Å². The normalized spacial score (nSPS) is 10.4. The maximum atomic E-state index is 11.5. The third kappa shape index (κ3) is 3.64. The zero-order valence-corrected chi connectivity index (χ0v) is 11.4. The molecule has 1 heterocycles. The molecule has 6 nitrogen and oxygen atoms in total. The Morgan fingerprint density at radius 2 is 2.15 bits per heavy atom. The Hall–Kier alpha value is -2.21. The highest BCUT2D eigenvalue weighted by Crippen LogP contribution is 2.14. The minimum Gasteiger partial charge on any atom is -0.493 e. The van der Waals surface area contributed by atoms with Crippen LogP contribution in [0.25, 0.3) is 0 Å². The molecule has 0 aliphatic heterocycles. The average Bonchev–Trinajstić information content (AvgIpc) is 2.40. The first kappa shape index (κ1) is 14.2. The summed E-state index contributed by atoms with van der Waals surface area (Å²) in [6.07, 6.45) is 1.92. The fraction of sp³-hybridized carbons (Fsp3) is 0.231. The van der Waals surface area contributed by atoms with Gasteiger partial charge in [0.15, 0.2) is 0 Å². The minimum atomic E-state index is -0.580. The van der Waals surface area contributed by atoms with Crippen molar-refractivity contribution in [3.8, 4) is 5.75 Å². The number of nitrogens with zero attached hydrogens (tertiary/aromatic N) is 1. The van der Waals surface area contributed by atoms with Crippen molar-refractivity contribution >= 4 is 17.3 Å². The highest BCUT2D eigenvalue weighted by atomic mass is 35.5. The van der Waals surface area contributed by atoms with E-state index in [0.29, 0.717) is 31.0 Å². The average molecular weight is 296 g/mol. The van der Waals surface area contributed by atoms with Crippen LogP contribution in [0, 0.1) is 0 Å². The van der Waals surface area contributed by atoms with Gasteiger partial charge in [-0.2, -0.15) is 0 Å². The van der Waals surface area contributed by atoms with Crippen molar-refractivity contribution < 1.29 is 4.74 Å². The molecule has 0 unspecified atom stereocenters. The lowest BCUT2D eigenvalue weighted by atomic mass is 10.3. The first-order valence-electron chi connectivity index (χ1n) is 6.04. The second-order valence-corrected chi connectivity index (χ2v) is 4.61. The molecule has 0 saturated carbocycles. The van der Waals surface area contributed by atoms with Gasteiger partial charge in [-0.05, 0) is 18.6 Å². The molecule has 1 aromatic heterocycles. The van der Waals surface area contributed by atoms with E-state index >= 15 is 0 Å². The number of aromatic nitrogens is 2. The zero-order valence-electron chi connectivity index (χ0n) is 10.6. The van der Waals surface area contributed by atoms with E-state index < -0.39 is 11.2 Å². The van der Waals surface area contributed by atoms with Gasteiger partial charge in [0.05, 0.1) is 6.61 Å². The summed E-state index contributed by atoms with van der Waals surface area (Å²) >= 11 is 5.66. The number of H-pyrrole nitrogens is 1. The molecule has 0 aliphatic carbocycles. The summed E-state index contributed by atoms with van der Waals surface area (Å²) in [4.78, 5) is 24.7. The number of halogens is 1. The van der Waals surface area contributed by atoms with Gasteiger partial charge in [0.25, 0.3) is 5.56 Å². The maximum absolute atomic E-state index is 11.5. The molecule has 0 bridgehead atoms. The Labute approximate surface area is 119 Å². The second kappa shape index (κ2) is 6.29. The first-order valence-corrected chi connectivity index (χ1v) is 6.41. The molecule has 2 aromatic rings.